The number of carbonyl (C=O) groups excluding carboxylic acids is 1. The van der Waals surface area contributed by atoms with Crippen LogP contribution in [0.3, 0.4) is 0 Å². The zero-order valence-corrected chi connectivity index (χ0v) is 17.6. The summed E-state index contributed by atoms with van der Waals surface area (Å²) in [5.41, 5.74) is -0.410. The minimum atomic E-state index is -0.674. The van der Waals surface area contributed by atoms with Gasteiger partial charge in [-0.25, -0.2) is 23.2 Å². The lowest BCUT2D eigenvalue weighted by Crippen LogP contribution is -2.34. The topological polar surface area (TPSA) is 87.4 Å². The number of amides is 1. The van der Waals surface area contributed by atoms with Gasteiger partial charge >= 0.3 is 11.8 Å². The molecule has 28 heavy (non-hydrogen) atoms. The van der Waals surface area contributed by atoms with Crippen LogP contribution in [0.4, 0.5) is 9.18 Å². The van der Waals surface area contributed by atoms with Crippen LogP contribution in [0.2, 0.25) is 0 Å². The maximum atomic E-state index is 13.2. The summed E-state index contributed by atoms with van der Waals surface area (Å²) in [6.45, 7) is 4.94. The number of halogens is 2. The van der Waals surface area contributed by atoms with Gasteiger partial charge in [0.05, 0.1) is 30.1 Å². The van der Waals surface area contributed by atoms with Gasteiger partial charge in [0.1, 0.15) is 17.7 Å². The van der Waals surface area contributed by atoms with Gasteiger partial charge in [-0.1, -0.05) is 0 Å². The zero-order valence-electron chi connectivity index (χ0n) is 16.0. The first-order chi connectivity index (χ1) is 13.1. The largest absolute Gasteiger partial charge is 0.495 e. The fourth-order valence-electron chi connectivity index (χ4n) is 2.24. The van der Waals surface area contributed by atoms with Crippen LogP contribution < -0.4 is 15.7 Å². The number of nitrogens with one attached hydrogen (secondary N) is 1. The predicted octanol–water partition coefficient (Wildman–Crippen LogP) is 3.18. The van der Waals surface area contributed by atoms with Gasteiger partial charge < -0.3 is 14.8 Å². The van der Waals surface area contributed by atoms with Crippen molar-refractivity contribution in [3.8, 4) is 11.4 Å². The lowest BCUT2D eigenvalue weighted by molar-refractivity contribution is 0.0532. The molecule has 1 heterocycles. The van der Waals surface area contributed by atoms with Crippen molar-refractivity contribution in [1.29, 1.82) is 0 Å². The summed E-state index contributed by atoms with van der Waals surface area (Å²) < 4.78 is 26.7. The van der Waals surface area contributed by atoms with Crippen molar-refractivity contribution >= 4 is 22.0 Å². The Balaban J connectivity index is 2.11. The van der Waals surface area contributed by atoms with Crippen LogP contribution >= 0.6 is 15.9 Å². The van der Waals surface area contributed by atoms with Gasteiger partial charge in [-0.3, -0.25) is 0 Å². The van der Waals surface area contributed by atoms with Crippen molar-refractivity contribution in [1.82, 2.24) is 19.7 Å². The highest BCUT2D eigenvalue weighted by Crippen LogP contribution is 2.26. The molecule has 0 aliphatic heterocycles. The second-order valence-corrected chi connectivity index (χ2v) is 7.74. The van der Waals surface area contributed by atoms with Crippen LogP contribution in [0.25, 0.3) is 5.69 Å². The van der Waals surface area contributed by atoms with E-state index in [1.54, 1.807) is 39.0 Å². The molecule has 0 fully saturated rings. The maximum Gasteiger partial charge on any atom is 0.407 e. The maximum absolute atomic E-state index is 13.2. The SMILES string of the molecule is COc1cc(-n2cnn(CC(=CF)CNC(=O)OC(C)(C)C)c2=O)ccc1Br. The van der Waals surface area contributed by atoms with Crippen LogP contribution in [-0.4, -0.2) is 39.7 Å². The van der Waals surface area contributed by atoms with Crippen LogP contribution in [0.5, 0.6) is 5.75 Å². The van der Waals surface area contributed by atoms with E-state index in [-0.39, 0.29) is 18.7 Å². The van der Waals surface area contributed by atoms with Crippen molar-refractivity contribution in [2.75, 3.05) is 13.7 Å². The average molecular weight is 457 g/mol. The third-order valence-electron chi connectivity index (χ3n) is 3.51. The summed E-state index contributed by atoms with van der Waals surface area (Å²) in [5.74, 6) is 0.558. The molecule has 152 valence electrons. The van der Waals surface area contributed by atoms with Crippen molar-refractivity contribution in [2.24, 2.45) is 0 Å². The highest BCUT2D eigenvalue weighted by Gasteiger charge is 2.17. The number of rotatable bonds is 6. The number of benzene rings is 1. The molecule has 1 N–H and O–H groups in total. The van der Waals surface area contributed by atoms with Gasteiger partial charge in [0.25, 0.3) is 0 Å². The second-order valence-electron chi connectivity index (χ2n) is 6.88. The van der Waals surface area contributed by atoms with E-state index in [4.69, 9.17) is 9.47 Å². The average Bonchev–Trinajstić information content (AvgIpc) is 2.98. The van der Waals surface area contributed by atoms with E-state index in [9.17, 15) is 14.0 Å². The zero-order chi connectivity index (χ0) is 20.9. The van der Waals surface area contributed by atoms with Crippen molar-refractivity contribution in [3.63, 3.8) is 0 Å². The highest BCUT2D eigenvalue weighted by molar-refractivity contribution is 9.10. The summed E-state index contributed by atoms with van der Waals surface area (Å²) in [6, 6.07) is 5.14. The molecular weight excluding hydrogens is 435 g/mol. The number of methoxy groups -OCH3 is 1. The highest BCUT2D eigenvalue weighted by atomic mass is 79.9. The van der Waals surface area contributed by atoms with Crippen LogP contribution in [0.15, 0.2) is 45.7 Å². The van der Waals surface area contributed by atoms with E-state index in [0.717, 1.165) is 9.15 Å². The Kier molecular flexibility index (Phi) is 7.00. The third kappa shape index (κ3) is 5.69. The predicted molar refractivity (Wildman–Crippen MR) is 106 cm³/mol. The molecule has 8 nitrogen and oxygen atoms in total. The monoisotopic (exact) mass is 456 g/mol. The van der Waals surface area contributed by atoms with Crippen LogP contribution in [-0.2, 0) is 11.3 Å². The lowest BCUT2D eigenvalue weighted by Gasteiger charge is -2.19. The minimum absolute atomic E-state index is 0.114. The molecule has 0 radical (unpaired) electrons. The molecule has 0 spiro atoms. The van der Waals surface area contributed by atoms with Crippen molar-refractivity contribution < 1.29 is 18.7 Å². The first kappa shape index (κ1) is 21.7. The Bertz CT molecular complexity index is 930. The molecule has 0 aliphatic rings. The first-order valence-corrected chi connectivity index (χ1v) is 9.17. The molecule has 0 aliphatic carbocycles. The summed E-state index contributed by atoms with van der Waals surface area (Å²) in [4.78, 5) is 24.3. The Morgan fingerprint density at radius 3 is 2.71 bits per heavy atom. The Hall–Kier alpha value is -2.62. The summed E-state index contributed by atoms with van der Waals surface area (Å²) in [7, 11) is 1.52. The molecule has 1 aromatic carbocycles. The van der Waals surface area contributed by atoms with Gasteiger partial charge in [-0.05, 0) is 54.4 Å². The van der Waals surface area contributed by atoms with E-state index in [2.05, 4.69) is 26.3 Å². The van der Waals surface area contributed by atoms with Gasteiger partial charge in [-0.15, -0.1) is 0 Å². The van der Waals surface area contributed by atoms with Crippen molar-refractivity contribution in [3.05, 3.63) is 51.4 Å². The van der Waals surface area contributed by atoms with E-state index in [0.29, 0.717) is 17.8 Å². The van der Waals surface area contributed by atoms with Gasteiger partial charge in [-0.2, -0.15) is 5.10 Å². The molecule has 0 saturated heterocycles. The van der Waals surface area contributed by atoms with Gasteiger partial charge in [0.15, 0.2) is 0 Å². The normalized spacial score (nSPS) is 12.0. The van der Waals surface area contributed by atoms with Crippen molar-refractivity contribution in [2.45, 2.75) is 32.9 Å². The van der Waals surface area contributed by atoms with Gasteiger partial charge in [0, 0.05) is 12.6 Å². The third-order valence-corrected chi connectivity index (χ3v) is 4.17. The fourth-order valence-corrected chi connectivity index (χ4v) is 2.65. The number of hydrogen-bond acceptors (Lipinski definition) is 5. The standard InChI is InChI=1S/C18H22BrFN4O4/c1-18(2,3)28-16(25)21-9-12(8-20)10-24-17(26)23(11-22-24)13-5-6-14(19)15(7-13)27-4/h5-8,11H,9-10H2,1-4H3,(H,21,25). The number of ether oxygens (including phenoxy) is 2. The number of alkyl carbamates (subject to hydrolysis) is 1. The quantitative estimate of drug-likeness (QED) is 0.720. The molecular formula is C18H22BrFN4O4. The lowest BCUT2D eigenvalue weighted by atomic mass is 10.2. The number of carbonyl (C=O) groups is 1. The van der Waals surface area contributed by atoms with E-state index in [1.165, 1.54) is 18.0 Å². The fraction of sp³-hybridized carbons (Fsp3) is 0.389. The number of hydrogen-bond donors (Lipinski definition) is 1. The van der Waals surface area contributed by atoms with Gasteiger partial charge in [0.2, 0.25) is 0 Å². The molecule has 0 unspecified atom stereocenters. The first-order valence-electron chi connectivity index (χ1n) is 8.38. The molecule has 2 rings (SSSR count). The summed E-state index contributed by atoms with van der Waals surface area (Å²) >= 11 is 3.35. The molecule has 10 heteroatoms. The summed E-state index contributed by atoms with van der Waals surface area (Å²) in [6.07, 6.45) is 1.000. The second kappa shape index (κ2) is 9.05. The Morgan fingerprint density at radius 2 is 2.11 bits per heavy atom. The molecule has 0 bridgehead atoms. The molecule has 0 saturated carbocycles. The Morgan fingerprint density at radius 1 is 1.39 bits per heavy atom. The smallest absolute Gasteiger partial charge is 0.407 e. The Labute approximate surface area is 170 Å². The molecule has 1 amide bonds. The summed E-state index contributed by atoms with van der Waals surface area (Å²) in [5, 5.41) is 6.46. The molecule has 2 aromatic rings. The number of nitrogens with zero attached hydrogens (tertiary/aromatic N) is 3. The molecule has 1 aromatic heterocycles. The van der Waals surface area contributed by atoms with Crippen LogP contribution in [0.1, 0.15) is 20.8 Å². The van der Waals surface area contributed by atoms with E-state index < -0.39 is 17.4 Å². The minimum Gasteiger partial charge on any atom is -0.495 e. The molecule has 0 atom stereocenters. The number of aromatic nitrogens is 3. The van der Waals surface area contributed by atoms with E-state index in [1.807, 2.05) is 0 Å². The van der Waals surface area contributed by atoms with Crippen LogP contribution in [0, 0.1) is 0 Å². The van der Waals surface area contributed by atoms with E-state index >= 15 is 0 Å².